The SMILES string of the molecule is COc1cccc(C(=O)c2snnc2C(C)C)c1F. The van der Waals surface area contributed by atoms with E-state index in [-0.39, 0.29) is 17.2 Å². The summed E-state index contributed by atoms with van der Waals surface area (Å²) in [6, 6.07) is 4.49. The minimum atomic E-state index is -0.655. The predicted molar refractivity (Wildman–Crippen MR) is 70.4 cm³/mol. The Kier molecular flexibility index (Phi) is 3.90. The van der Waals surface area contributed by atoms with E-state index in [0.29, 0.717) is 10.6 Å². The third kappa shape index (κ3) is 2.49. The van der Waals surface area contributed by atoms with E-state index >= 15 is 0 Å². The molecule has 0 amide bonds. The molecule has 0 fully saturated rings. The number of nitrogens with zero attached hydrogens (tertiary/aromatic N) is 2. The van der Waals surface area contributed by atoms with Crippen molar-refractivity contribution in [1.29, 1.82) is 0 Å². The molecule has 0 bridgehead atoms. The van der Waals surface area contributed by atoms with Gasteiger partial charge in [-0.15, -0.1) is 5.10 Å². The van der Waals surface area contributed by atoms with Gasteiger partial charge in [-0.1, -0.05) is 24.4 Å². The maximum absolute atomic E-state index is 14.1. The van der Waals surface area contributed by atoms with Crippen molar-refractivity contribution in [2.24, 2.45) is 0 Å². The summed E-state index contributed by atoms with van der Waals surface area (Å²) in [5.74, 6) is -0.950. The summed E-state index contributed by atoms with van der Waals surface area (Å²) in [4.78, 5) is 12.7. The van der Waals surface area contributed by atoms with E-state index in [1.165, 1.54) is 19.2 Å². The predicted octanol–water partition coefficient (Wildman–Crippen LogP) is 3.04. The average Bonchev–Trinajstić information content (AvgIpc) is 2.87. The summed E-state index contributed by atoms with van der Waals surface area (Å²) >= 11 is 0.985. The van der Waals surface area contributed by atoms with Crippen LogP contribution in [0.25, 0.3) is 0 Å². The Morgan fingerprint density at radius 1 is 1.42 bits per heavy atom. The summed E-state index contributed by atoms with van der Waals surface area (Å²) in [5.41, 5.74) is 0.574. The van der Waals surface area contributed by atoms with E-state index in [2.05, 4.69) is 9.59 Å². The number of hydrogen-bond acceptors (Lipinski definition) is 5. The van der Waals surface area contributed by atoms with Crippen molar-refractivity contribution in [3.63, 3.8) is 0 Å². The van der Waals surface area contributed by atoms with Crippen molar-refractivity contribution >= 4 is 17.3 Å². The standard InChI is InChI=1S/C13H13FN2O2S/c1-7(2)11-13(19-16-15-11)12(17)8-5-4-6-9(18-3)10(8)14/h4-7H,1-3H3. The minimum Gasteiger partial charge on any atom is -0.494 e. The van der Waals surface area contributed by atoms with Gasteiger partial charge in [0.15, 0.2) is 11.6 Å². The summed E-state index contributed by atoms with van der Waals surface area (Å²) in [7, 11) is 1.36. The number of benzene rings is 1. The zero-order valence-electron chi connectivity index (χ0n) is 10.8. The fourth-order valence-corrected chi connectivity index (χ4v) is 2.47. The number of carbonyl (C=O) groups is 1. The average molecular weight is 280 g/mol. The molecule has 0 aliphatic rings. The van der Waals surface area contributed by atoms with Crippen molar-refractivity contribution in [2.75, 3.05) is 7.11 Å². The van der Waals surface area contributed by atoms with Gasteiger partial charge in [0, 0.05) is 0 Å². The molecule has 1 aromatic carbocycles. The molecule has 0 atom stereocenters. The van der Waals surface area contributed by atoms with E-state index in [1.54, 1.807) is 6.07 Å². The van der Waals surface area contributed by atoms with Gasteiger partial charge in [-0.2, -0.15) is 0 Å². The number of aromatic nitrogens is 2. The van der Waals surface area contributed by atoms with Crippen LogP contribution in [0.5, 0.6) is 5.75 Å². The van der Waals surface area contributed by atoms with Crippen LogP contribution in [0.4, 0.5) is 4.39 Å². The van der Waals surface area contributed by atoms with Crippen LogP contribution in [0.2, 0.25) is 0 Å². The van der Waals surface area contributed by atoms with Crippen molar-refractivity contribution in [3.05, 3.63) is 40.2 Å². The number of methoxy groups -OCH3 is 1. The van der Waals surface area contributed by atoms with E-state index in [1.807, 2.05) is 13.8 Å². The molecule has 0 unspecified atom stereocenters. The summed E-state index contributed by atoms with van der Waals surface area (Å²) in [6.07, 6.45) is 0. The van der Waals surface area contributed by atoms with Gasteiger partial charge in [-0.25, -0.2) is 4.39 Å². The summed E-state index contributed by atoms with van der Waals surface area (Å²) in [6.45, 7) is 3.82. The highest BCUT2D eigenvalue weighted by molar-refractivity contribution is 7.08. The van der Waals surface area contributed by atoms with Gasteiger partial charge < -0.3 is 4.74 Å². The number of halogens is 1. The Bertz CT molecular complexity index is 610. The Morgan fingerprint density at radius 2 is 2.16 bits per heavy atom. The molecule has 4 nitrogen and oxygen atoms in total. The largest absolute Gasteiger partial charge is 0.494 e. The van der Waals surface area contributed by atoms with Gasteiger partial charge in [0.05, 0.1) is 18.4 Å². The second-order valence-corrected chi connectivity index (χ2v) is 5.05. The van der Waals surface area contributed by atoms with Crippen molar-refractivity contribution in [2.45, 2.75) is 19.8 Å². The Morgan fingerprint density at radius 3 is 2.79 bits per heavy atom. The molecule has 0 radical (unpaired) electrons. The molecule has 2 rings (SSSR count). The van der Waals surface area contributed by atoms with Crippen molar-refractivity contribution in [3.8, 4) is 5.75 Å². The molecule has 0 spiro atoms. The normalized spacial score (nSPS) is 10.8. The summed E-state index contributed by atoms with van der Waals surface area (Å²) < 4.78 is 22.7. The van der Waals surface area contributed by atoms with Crippen molar-refractivity contribution < 1.29 is 13.9 Å². The number of carbonyl (C=O) groups excluding carboxylic acids is 1. The van der Waals surface area contributed by atoms with Gasteiger partial charge in [0.25, 0.3) is 0 Å². The van der Waals surface area contributed by atoms with E-state index in [0.717, 1.165) is 11.5 Å². The monoisotopic (exact) mass is 280 g/mol. The number of ether oxygens (including phenoxy) is 1. The maximum atomic E-state index is 14.1. The van der Waals surface area contributed by atoms with Gasteiger partial charge >= 0.3 is 0 Å². The van der Waals surface area contributed by atoms with Crippen LogP contribution in [0.1, 0.15) is 40.7 Å². The van der Waals surface area contributed by atoms with Crippen LogP contribution in [0, 0.1) is 5.82 Å². The quantitative estimate of drug-likeness (QED) is 0.808. The molecule has 2 aromatic rings. The number of rotatable bonds is 4. The third-order valence-electron chi connectivity index (χ3n) is 2.69. The van der Waals surface area contributed by atoms with Crippen LogP contribution in [0.3, 0.4) is 0 Å². The number of hydrogen-bond donors (Lipinski definition) is 0. The number of ketones is 1. The molecule has 19 heavy (non-hydrogen) atoms. The van der Waals surface area contributed by atoms with Gasteiger partial charge in [0.2, 0.25) is 5.78 Å². The van der Waals surface area contributed by atoms with Crippen molar-refractivity contribution in [1.82, 2.24) is 9.59 Å². The smallest absolute Gasteiger partial charge is 0.209 e. The first-order chi connectivity index (χ1) is 9.06. The topological polar surface area (TPSA) is 52.1 Å². The lowest BCUT2D eigenvalue weighted by Crippen LogP contribution is -2.07. The highest BCUT2D eigenvalue weighted by Gasteiger charge is 2.23. The van der Waals surface area contributed by atoms with Crippen LogP contribution in [-0.2, 0) is 0 Å². The molecule has 0 saturated carbocycles. The highest BCUT2D eigenvalue weighted by Crippen LogP contribution is 2.26. The molecule has 0 N–H and O–H groups in total. The molecule has 0 aliphatic heterocycles. The minimum absolute atomic E-state index is 0.0210. The second-order valence-electron chi connectivity index (χ2n) is 4.29. The lowest BCUT2D eigenvalue weighted by Gasteiger charge is -2.07. The van der Waals surface area contributed by atoms with Crippen LogP contribution < -0.4 is 4.74 Å². The van der Waals surface area contributed by atoms with Gasteiger partial charge in [-0.3, -0.25) is 4.79 Å². The molecule has 1 aromatic heterocycles. The molecule has 0 aliphatic carbocycles. The van der Waals surface area contributed by atoms with E-state index < -0.39 is 11.6 Å². The Balaban J connectivity index is 2.48. The zero-order chi connectivity index (χ0) is 14.0. The molecular formula is C13H13FN2O2S. The van der Waals surface area contributed by atoms with Crippen LogP contribution in [-0.4, -0.2) is 22.5 Å². The van der Waals surface area contributed by atoms with E-state index in [9.17, 15) is 9.18 Å². The first kappa shape index (κ1) is 13.6. The third-order valence-corrected chi connectivity index (χ3v) is 3.43. The van der Waals surface area contributed by atoms with Crippen LogP contribution >= 0.6 is 11.5 Å². The van der Waals surface area contributed by atoms with Gasteiger partial charge in [0.1, 0.15) is 4.88 Å². The summed E-state index contributed by atoms with van der Waals surface area (Å²) in [5, 5.41) is 3.93. The molecule has 0 saturated heterocycles. The fraction of sp³-hybridized carbons (Fsp3) is 0.308. The lowest BCUT2D eigenvalue weighted by atomic mass is 10.0. The first-order valence-corrected chi connectivity index (χ1v) is 6.53. The van der Waals surface area contributed by atoms with E-state index in [4.69, 9.17) is 4.74 Å². The highest BCUT2D eigenvalue weighted by atomic mass is 32.1. The molecule has 100 valence electrons. The lowest BCUT2D eigenvalue weighted by molar-refractivity contribution is 0.103. The Hall–Kier alpha value is -1.82. The maximum Gasteiger partial charge on any atom is 0.209 e. The first-order valence-electron chi connectivity index (χ1n) is 5.75. The van der Waals surface area contributed by atoms with Crippen LogP contribution in [0.15, 0.2) is 18.2 Å². The molecule has 6 heteroatoms. The van der Waals surface area contributed by atoms with Gasteiger partial charge in [-0.05, 0) is 29.6 Å². The Labute approximate surface area is 114 Å². The molecule has 1 heterocycles. The fourth-order valence-electron chi connectivity index (χ4n) is 1.70. The zero-order valence-corrected chi connectivity index (χ0v) is 11.6. The second kappa shape index (κ2) is 5.44. The molecular weight excluding hydrogens is 267 g/mol.